The van der Waals surface area contributed by atoms with Crippen LogP contribution in [0, 0.1) is 0 Å². The van der Waals surface area contributed by atoms with Gasteiger partial charge in [-0.3, -0.25) is 9.69 Å². The lowest BCUT2D eigenvalue weighted by molar-refractivity contribution is -0.117. The molecule has 0 aromatic heterocycles. The standard InChI is InChI=1S/C11H19NO4/c1-11(2,3)16-10(14)12-6-9(13)5-8(12)7-15-4/h8H,5-7H2,1-4H3/t8-/m1/s1. The van der Waals surface area contributed by atoms with Gasteiger partial charge < -0.3 is 9.47 Å². The van der Waals surface area contributed by atoms with Gasteiger partial charge in [0.15, 0.2) is 5.78 Å². The molecule has 1 rings (SSSR count). The Balaban J connectivity index is 2.63. The molecule has 0 radical (unpaired) electrons. The molecule has 0 aromatic carbocycles. The first-order valence-electron chi connectivity index (χ1n) is 5.34. The second-order valence-corrected chi connectivity index (χ2v) is 4.96. The predicted octanol–water partition coefficient (Wildman–Crippen LogP) is 1.21. The van der Waals surface area contributed by atoms with E-state index in [1.807, 2.05) is 0 Å². The van der Waals surface area contributed by atoms with Gasteiger partial charge in [-0.1, -0.05) is 0 Å². The number of hydrogen-bond acceptors (Lipinski definition) is 4. The van der Waals surface area contributed by atoms with Crippen LogP contribution in [0.25, 0.3) is 0 Å². The fourth-order valence-electron chi connectivity index (χ4n) is 1.63. The first kappa shape index (κ1) is 13.0. The molecule has 0 unspecified atom stereocenters. The summed E-state index contributed by atoms with van der Waals surface area (Å²) >= 11 is 0. The molecule has 0 bridgehead atoms. The Morgan fingerprint density at radius 1 is 1.50 bits per heavy atom. The molecule has 0 saturated carbocycles. The summed E-state index contributed by atoms with van der Waals surface area (Å²) in [6.07, 6.45) is -0.0898. The molecule has 0 N–H and O–H groups in total. The van der Waals surface area contributed by atoms with E-state index in [1.165, 1.54) is 4.90 Å². The van der Waals surface area contributed by atoms with Gasteiger partial charge in [0, 0.05) is 13.5 Å². The van der Waals surface area contributed by atoms with Crippen LogP contribution in [-0.2, 0) is 14.3 Å². The molecule has 1 saturated heterocycles. The van der Waals surface area contributed by atoms with Gasteiger partial charge in [-0.15, -0.1) is 0 Å². The molecule has 5 heteroatoms. The number of carbonyl (C=O) groups excluding carboxylic acids is 2. The van der Waals surface area contributed by atoms with Crippen LogP contribution >= 0.6 is 0 Å². The number of ketones is 1. The predicted molar refractivity (Wildman–Crippen MR) is 58.2 cm³/mol. The largest absolute Gasteiger partial charge is 0.444 e. The number of likely N-dealkylation sites (tertiary alicyclic amines) is 1. The van der Waals surface area contributed by atoms with Crippen molar-refractivity contribution in [1.29, 1.82) is 0 Å². The first-order valence-corrected chi connectivity index (χ1v) is 5.34. The SMILES string of the molecule is COC[C@H]1CC(=O)CN1C(=O)OC(C)(C)C. The fourth-order valence-corrected chi connectivity index (χ4v) is 1.63. The van der Waals surface area contributed by atoms with E-state index >= 15 is 0 Å². The highest BCUT2D eigenvalue weighted by molar-refractivity contribution is 5.88. The lowest BCUT2D eigenvalue weighted by Crippen LogP contribution is -2.41. The quantitative estimate of drug-likeness (QED) is 0.714. The zero-order valence-corrected chi connectivity index (χ0v) is 10.3. The Kier molecular flexibility index (Phi) is 3.91. The van der Waals surface area contributed by atoms with Crippen LogP contribution < -0.4 is 0 Å². The molecule has 0 aromatic rings. The zero-order valence-electron chi connectivity index (χ0n) is 10.3. The molecule has 92 valence electrons. The molecule has 1 fully saturated rings. The van der Waals surface area contributed by atoms with Crippen LogP contribution in [0.4, 0.5) is 4.79 Å². The highest BCUT2D eigenvalue weighted by Gasteiger charge is 2.36. The smallest absolute Gasteiger partial charge is 0.411 e. The van der Waals surface area contributed by atoms with Crippen LogP contribution in [0.1, 0.15) is 27.2 Å². The maximum absolute atomic E-state index is 11.8. The summed E-state index contributed by atoms with van der Waals surface area (Å²) in [7, 11) is 1.55. The Labute approximate surface area is 95.7 Å². The Bertz CT molecular complexity index is 282. The van der Waals surface area contributed by atoms with Gasteiger partial charge in [-0.25, -0.2) is 4.79 Å². The third-order valence-corrected chi connectivity index (χ3v) is 2.24. The Morgan fingerprint density at radius 3 is 2.62 bits per heavy atom. The molecular formula is C11H19NO4. The summed E-state index contributed by atoms with van der Waals surface area (Å²) in [6, 6.07) is -0.188. The Hall–Kier alpha value is -1.10. The number of hydrogen-bond donors (Lipinski definition) is 0. The molecule has 0 aliphatic carbocycles. The maximum Gasteiger partial charge on any atom is 0.411 e. The molecule has 16 heavy (non-hydrogen) atoms. The molecule has 1 atom stereocenters. The van der Waals surface area contributed by atoms with Crippen molar-refractivity contribution in [3.8, 4) is 0 Å². The minimum Gasteiger partial charge on any atom is -0.444 e. The molecule has 1 heterocycles. The van der Waals surface area contributed by atoms with Crippen molar-refractivity contribution in [1.82, 2.24) is 4.90 Å². The van der Waals surface area contributed by atoms with Crippen molar-refractivity contribution in [2.75, 3.05) is 20.3 Å². The van der Waals surface area contributed by atoms with E-state index in [-0.39, 0.29) is 18.4 Å². The topological polar surface area (TPSA) is 55.8 Å². The van der Waals surface area contributed by atoms with Crippen LogP contribution in [0.5, 0.6) is 0 Å². The van der Waals surface area contributed by atoms with Gasteiger partial charge in [0.05, 0.1) is 19.2 Å². The average Bonchev–Trinajstić information content (AvgIpc) is 2.44. The number of ether oxygens (including phenoxy) is 2. The summed E-state index contributed by atoms with van der Waals surface area (Å²) in [5, 5.41) is 0. The van der Waals surface area contributed by atoms with E-state index < -0.39 is 11.7 Å². The molecule has 1 aliphatic heterocycles. The van der Waals surface area contributed by atoms with Crippen LogP contribution in [0.3, 0.4) is 0 Å². The van der Waals surface area contributed by atoms with Crippen molar-refractivity contribution >= 4 is 11.9 Å². The number of rotatable bonds is 2. The number of nitrogens with zero attached hydrogens (tertiary/aromatic N) is 1. The molecule has 1 amide bonds. The van der Waals surface area contributed by atoms with Crippen LogP contribution in [0.15, 0.2) is 0 Å². The highest BCUT2D eigenvalue weighted by atomic mass is 16.6. The van der Waals surface area contributed by atoms with Crippen LogP contribution in [0.2, 0.25) is 0 Å². The van der Waals surface area contributed by atoms with Gasteiger partial charge in [0.1, 0.15) is 5.60 Å². The van der Waals surface area contributed by atoms with E-state index in [0.717, 1.165) is 0 Å². The third-order valence-electron chi connectivity index (χ3n) is 2.24. The number of amides is 1. The normalized spacial score (nSPS) is 21.4. The molecular weight excluding hydrogens is 210 g/mol. The molecule has 5 nitrogen and oxygen atoms in total. The second-order valence-electron chi connectivity index (χ2n) is 4.96. The van der Waals surface area contributed by atoms with E-state index in [1.54, 1.807) is 27.9 Å². The highest BCUT2D eigenvalue weighted by Crippen LogP contribution is 2.18. The summed E-state index contributed by atoms with van der Waals surface area (Å²) in [5.74, 6) is 0.0490. The zero-order chi connectivity index (χ0) is 12.3. The van der Waals surface area contributed by atoms with E-state index in [4.69, 9.17) is 9.47 Å². The molecule has 0 spiro atoms. The summed E-state index contributed by atoms with van der Waals surface area (Å²) in [6.45, 7) is 5.89. The van der Waals surface area contributed by atoms with Crippen molar-refractivity contribution in [3.63, 3.8) is 0 Å². The summed E-state index contributed by atoms with van der Waals surface area (Å²) in [5.41, 5.74) is -0.541. The molecule has 1 aliphatic rings. The third kappa shape index (κ3) is 3.48. The van der Waals surface area contributed by atoms with Gasteiger partial charge >= 0.3 is 6.09 Å². The van der Waals surface area contributed by atoms with Crippen molar-refractivity contribution in [2.24, 2.45) is 0 Å². The van der Waals surface area contributed by atoms with Gasteiger partial charge in [-0.05, 0) is 20.8 Å². The van der Waals surface area contributed by atoms with Gasteiger partial charge in [-0.2, -0.15) is 0 Å². The van der Waals surface area contributed by atoms with Gasteiger partial charge in [0.2, 0.25) is 0 Å². The minimum atomic E-state index is -0.541. The van der Waals surface area contributed by atoms with E-state index in [0.29, 0.717) is 13.0 Å². The minimum absolute atomic E-state index is 0.0490. The summed E-state index contributed by atoms with van der Waals surface area (Å²) < 4.78 is 10.2. The van der Waals surface area contributed by atoms with Gasteiger partial charge in [0.25, 0.3) is 0 Å². The van der Waals surface area contributed by atoms with E-state index in [2.05, 4.69) is 0 Å². The summed E-state index contributed by atoms with van der Waals surface area (Å²) in [4.78, 5) is 24.5. The van der Waals surface area contributed by atoms with Crippen molar-refractivity contribution < 1.29 is 19.1 Å². The first-order chi connectivity index (χ1) is 7.33. The average molecular weight is 229 g/mol. The Morgan fingerprint density at radius 2 is 2.12 bits per heavy atom. The number of carbonyl (C=O) groups is 2. The van der Waals surface area contributed by atoms with Crippen LogP contribution in [-0.4, -0.2) is 48.7 Å². The maximum atomic E-state index is 11.8. The van der Waals surface area contributed by atoms with Crippen molar-refractivity contribution in [3.05, 3.63) is 0 Å². The number of methoxy groups -OCH3 is 1. The van der Waals surface area contributed by atoms with Crippen molar-refractivity contribution in [2.45, 2.75) is 38.8 Å². The lowest BCUT2D eigenvalue weighted by atomic mass is 10.2. The fraction of sp³-hybridized carbons (Fsp3) is 0.818. The number of Topliss-reactive ketones (excluding diaryl/α,β-unsaturated/α-hetero) is 1. The second kappa shape index (κ2) is 4.82. The van der Waals surface area contributed by atoms with E-state index in [9.17, 15) is 9.59 Å². The lowest BCUT2D eigenvalue weighted by Gasteiger charge is -2.27. The monoisotopic (exact) mass is 229 g/mol.